The first-order valence-electron chi connectivity index (χ1n) is 6.89. The summed E-state index contributed by atoms with van der Waals surface area (Å²) in [6.07, 6.45) is -0.539. The van der Waals surface area contributed by atoms with Crippen LogP contribution in [0.4, 0.5) is 23.2 Å². The van der Waals surface area contributed by atoms with E-state index in [1.165, 1.54) is 18.3 Å². The van der Waals surface area contributed by atoms with E-state index in [0.717, 1.165) is 25.1 Å². The fourth-order valence-electron chi connectivity index (χ4n) is 2.59. The van der Waals surface area contributed by atoms with Crippen molar-refractivity contribution in [2.45, 2.75) is 19.0 Å². The van der Waals surface area contributed by atoms with E-state index in [1.54, 1.807) is 4.90 Å². The van der Waals surface area contributed by atoms with Crippen molar-refractivity contribution in [3.8, 4) is 11.3 Å². The van der Waals surface area contributed by atoms with Crippen molar-refractivity contribution >= 4 is 5.69 Å². The van der Waals surface area contributed by atoms with Gasteiger partial charge < -0.3 is 4.90 Å². The van der Waals surface area contributed by atoms with E-state index < -0.39 is 17.7 Å². The van der Waals surface area contributed by atoms with Crippen LogP contribution in [0.25, 0.3) is 11.3 Å². The standard InChI is InChI=1S/C15H13F4N3/c16-11-7-10(8-20-9-11)12-3-4-13(22-5-1-2-6-22)14(21-12)15(17,18)19/h3-4,7-9H,1-2,5-6H2. The van der Waals surface area contributed by atoms with Gasteiger partial charge in [0, 0.05) is 24.8 Å². The molecule has 1 aliphatic rings. The van der Waals surface area contributed by atoms with Gasteiger partial charge in [-0.1, -0.05) is 0 Å². The number of rotatable bonds is 2. The van der Waals surface area contributed by atoms with Crippen LogP contribution < -0.4 is 4.90 Å². The number of nitrogens with zero attached hydrogens (tertiary/aromatic N) is 3. The zero-order chi connectivity index (χ0) is 15.7. The Morgan fingerprint density at radius 2 is 1.77 bits per heavy atom. The highest BCUT2D eigenvalue weighted by Crippen LogP contribution is 2.37. The monoisotopic (exact) mass is 311 g/mol. The summed E-state index contributed by atoms with van der Waals surface area (Å²) in [5.41, 5.74) is -0.574. The van der Waals surface area contributed by atoms with Crippen LogP contribution in [0.15, 0.2) is 30.6 Å². The Hall–Kier alpha value is -2.18. The fourth-order valence-corrected chi connectivity index (χ4v) is 2.59. The number of aromatic nitrogens is 2. The summed E-state index contributed by atoms with van der Waals surface area (Å²) in [5, 5.41) is 0. The molecule has 1 saturated heterocycles. The third kappa shape index (κ3) is 2.88. The lowest BCUT2D eigenvalue weighted by Gasteiger charge is -2.22. The van der Waals surface area contributed by atoms with Gasteiger partial charge in [-0.05, 0) is 31.0 Å². The Kier molecular flexibility index (Phi) is 3.72. The second-order valence-corrected chi connectivity index (χ2v) is 5.15. The van der Waals surface area contributed by atoms with E-state index in [4.69, 9.17) is 0 Å². The highest BCUT2D eigenvalue weighted by molar-refractivity contribution is 5.63. The summed E-state index contributed by atoms with van der Waals surface area (Å²) in [4.78, 5) is 9.06. The topological polar surface area (TPSA) is 29.0 Å². The minimum absolute atomic E-state index is 0.0577. The number of hydrogen-bond acceptors (Lipinski definition) is 3. The molecule has 0 aromatic carbocycles. The van der Waals surface area contributed by atoms with E-state index in [-0.39, 0.29) is 16.9 Å². The van der Waals surface area contributed by atoms with Gasteiger partial charge in [-0.15, -0.1) is 0 Å². The SMILES string of the molecule is Fc1cncc(-c2ccc(N3CCCC3)c(C(F)(F)F)n2)c1. The van der Waals surface area contributed by atoms with E-state index in [2.05, 4.69) is 9.97 Å². The van der Waals surface area contributed by atoms with Crippen LogP contribution in [-0.2, 0) is 6.18 Å². The maximum atomic E-state index is 13.3. The van der Waals surface area contributed by atoms with Crippen LogP contribution in [0, 0.1) is 5.82 Å². The number of hydrogen-bond donors (Lipinski definition) is 0. The zero-order valence-corrected chi connectivity index (χ0v) is 11.6. The smallest absolute Gasteiger partial charge is 0.370 e. The third-order valence-electron chi connectivity index (χ3n) is 3.59. The summed E-state index contributed by atoms with van der Waals surface area (Å²) in [6.45, 7) is 1.18. The molecule has 0 bridgehead atoms. The van der Waals surface area contributed by atoms with Gasteiger partial charge in [0.15, 0.2) is 5.69 Å². The maximum absolute atomic E-state index is 13.3. The molecule has 7 heteroatoms. The largest absolute Gasteiger partial charge is 0.435 e. The quantitative estimate of drug-likeness (QED) is 0.788. The molecule has 0 N–H and O–H groups in total. The van der Waals surface area contributed by atoms with Gasteiger partial charge in [0.2, 0.25) is 0 Å². The van der Waals surface area contributed by atoms with Crippen molar-refractivity contribution in [2.75, 3.05) is 18.0 Å². The average molecular weight is 311 g/mol. The summed E-state index contributed by atoms with van der Waals surface area (Å²) in [6, 6.07) is 3.99. The molecule has 1 fully saturated rings. The van der Waals surface area contributed by atoms with Crippen LogP contribution in [0.1, 0.15) is 18.5 Å². The second kappa shape index (κ2) is 5.55. The molecule has 0 saturated carbocycles. The molecule has 0 unspecified atom stereocenters. The average Bonchev–Trinajstić information content (AvgIpc) is 3.00. The highest BCUT2D eigenvalue weighted by atomic mass is 19.4. The molecule has 3 rings (SSSR count). The highest BCUT2D eigenvalue weighted by Gasteiger charge is 2.37. The van der Waals surface area contributed by atoms with E-state index >= 15 is 0 Å². The first-order chi connectivity index (χ1) is 10.4. The van der Waals surface area contributed by atoms with Gasteiger partial charge >= 0.3 is 6.18 Å². The van der Waals surface area contributed by atoms with Crippen LogP contribution in [0.2, 0.25) is 0 Å². The summed E-state index contributed by atoms with van der Waals surface area (Å²) >= 11 is 0. The molecule has 3 nitrogen and oxygen atoms in total. The van der Waals surface area contributed by atoms with Crippen molar-refractivity contribution in [3.63, 3.8) is 0 Å². The maximum Gasteiger partial charge on any atom is 0.435 e. The Bertz CT molecular complexity index is 679. The van der Waals surface area contributed by atoms with E-state index in [9.17, 15) is 17.6 Å². The molecular formula is C15H13F4N3. The molecule has 116 valence electrons. The molecule has 2 aromatic heterocycles. The predicted octanol–water partition coefficient (Wildman–Crippen LogP) is 3.90. The predicted molar refractivity (Wildman–Crippen MR) is 73.9 cm³/mol. The summed E-state index contributed by atoms with van der Waals surface area (Å²) < 4.78 is 53.1. The molecule has 0 atom stereocenters. The Morgan fingerprint density at radius 3 is 2.41 bits per heavy atom. The molecular weight excluding hydrogens is 298 g/mol. The Morgan fingerprint density at radius 1 is 1.05 bits per heavy atom. The van der Waals surface area contributed by atoms with E-state index in [0.29, 0.717) is 13.1 Å². The molecule has 3 heterocycles. The van der Waals surface area contributed by atoms with Gasteiger partial charge in [0.05, 0.1) is 17.6 Å². The minimum atomic E-state index is -4.56. The molecule has 22 heavy (non-hydrogen) atoms. The van der Waals surface area contributed by atoms with Crippen LogP contribution in [-0.4, -0.2) is 23.1 Å². The lowest BCUT2D eigenvalue weighted by Crippen LogP contribution is -2.23. The number of alkyl halides is 3. The van der Waals surface area contributed by atoms with Crippen molar-refractivity contribution in [2.24, 2.45) is 0 Å². The molecule has 0 radical (unpaired) electrons. The first kappa shape index (κ1) is 14.7. The molecule has 0 amide bonds. The van der Waals surface area contributed by atoms with Crippen LogP contribution >= 0.6 is 0 Å². The van der Waals surface area contributed by atoms with Gasteiger partial charge in [-0.3, -0.25) is 4.98 Å². The summed E-state index contributed by atoms with van der Waals surface area (Å²) in [5.74, 6) is -0.614. The summed E-state index contributed by atoms with van der Waals surface area (Å²) in [7, 11) is 0. The Labute approximate surface area is 124 Å². The first-order valence-corrected chi connectivity index (χ1v) is 6.89. The molecule has 2 aromatic rings. The Balaban J connectivity index is 2.08. The van der Waals surface area contributed by atoms with Crippen LogP contribution in [0.5, 0.6) is 0 Å². The van der Waals surface area contributed by atoms with E-state index in [1.807, 2.05) is 0 Å². The molecule has 0 spiro atoms. The third-order valence-corrected chi connectivity index (χ3v) is 3.59. The molecule has 1 aliphatic heterocycles. The normalized spacial score (nSPS) is 15.4. The minimum Gasteiger partial charge on any atom is -0.370 e. The van der Waals surface area contributed by atoms with Gasteiger partial charge in [0.1, 0.15) is 5.82 Å². The number of halogens is 4. The number of pyridine rings is 2. The lowest BCUT2D eigenvalue weighted by molar-refractivity contribution is -0.140. The fraction of sp³-hybridized carbons (Fsp3) is 0.333. The molecule has 0 aliphatic carbocycles. The van der Waals surface area contributed by atoms with Crippen LogP contribution in [0.3, 0.4) is 0 Å². The lowest BCUT2D eigenvalue weighted by atomic mass is 10.1. The second-order valence-electron chi connectivity index (χ2n) is 5.15. The van der Waals surface area contributed by atoms with Gasteiger partial charge in [-0.2, -0.15) is 13.2 Å². The van der Waals surface area contributed by atoms with Crippen molar-refractivity contribution in [1.29, 1.82) is 0 Å². The van der Waals surface area contributed by atoms with Crippen molar-refractivity contribution in [1.82, 2.24) is 9.97 Å². The number of anilines is 1. The van der Waals surface area contributed by atoms with Gasteiger partial charge in [0.25, 0.3) is 0 Å². The van der Waals surface area contributed by atoms with Crippen molar-refractivity contribution < 1.29 is 17.6 Å². The zero-order valence-electron chi connectivity index (χ0n) is 11.6. The van der Waals surface area contributed by atoms with Gasteiger partial charge in [-0.25, -0.2) is 9.37 Å². The van der Waals surface area contributed by atoms with Crippen molar-refractivity contribution in [3.05, 3.63) is 42.1 Å².